The Morgan fingerprint density at radius 3 is 2.67 bits per heavy atom. The number of aromatic amines is 1. The van der Waals surface area contributed by atoms with Gasteiger partial charge in [-0.2, -0.15) is 0 Å². The van der Waals surface area contributed by atoms with E-state index in [1.54, 1.807) is 7.11 Å². The topological polar surface area (TPSA) is 96.1 Å². The number of fused-ring (bicyclic) bond motifs is 2. The SMILES string of the molecule is COC1=CCCc2c1[nH]c(C(=O)N1CCC3(CC1)NC(=O)c1cc(N4CCOCC4)ccc1O3)c2C. The quantitative estimate of drug-likeness (QED) is 0.684. The van der Waals surface area contributed by atoms with Crippen molar-refractivity contribution in [2.75, 3.05) is 51.4 Å². The van der Waals surface area contributed by atoms with Crippen molar-refractivity contribution in [1.82, 2.24) is 15.2 Å². The zero-order valence-corrected chi connectivity index (χ0v) is 20.8. The van der Waals surface area contributed by atoms with Gasteiger partial charge in [-0.05, 0) is 55.2 Å². The van der Waals surface area contributed by atoms with Crippen LogP contribution in [0.5, 0.6) is 5.75 Å². The van der Waals surface area contributed by atoms with Crippen LogP contribution in [0.4, 0.5) is 5.69 Å². The maximum absolute atomic E-state index is 13.4. The number of carbonyl (C=O) groups excluding carboxylic acids is 2. The maximum Gasteiger partial charge on any atom is 0.270 e. The molecule has 0 atom stereocenters. The van der Waals surface area contributed by atoms with Crippen LogP contribution in [-0.2, 0) is 15.9 Å². The highest BCUT2D eigenvalue weighted by molar-refractivity contribution is 5.99. The Labute approximate surface area is 210 Å². The Morgan fingerprint density at radius 2 is 1.92 bits per heavy atom. The molecule has 9 nitrogen and oxygen atoms in total. The minimum atomic E-state index is -0.794. The van der Waals surface area contributed by atoms with Crippen LogP contribution in [0.3, 0.4) is 0 Å². The zero-order chi connectivity index (χ0) is 24.9. The van der Waals surface area contributed by atoms with Crippen LogP contribution in [0.2, 0.25) is 0 Å². The highest BCUT2D eigenvalue weighted by atomic mass is 16.5. The molecule has 2 N–H and O–H groups in total. The van der Waals surface area contributed by atoms with Crippen molar-refractivity contribution in [3.8, 4) is 5.75 Å². The maximum atomic E-state index is 13.4. The molecule has 4 heterocycles. The number of hydrogen-bond acceptors (Lipinski definition) is 6. The van der Waals surface area contributed by atoms with E-state index < -0.39 is 5.72 Å². The van der Waals surface area contributed by atoms with Crippen molar-refractivity contribution in [3.05, 3.63) is 52.4 Å². The Morgan fingerprint density at radius 1 is 1.14 bits per heavy atom. The summed E-state index contributed by atoms with van der Waals surface area (Å²) < 4.78 is 17.3. The van der Waals surface area contributed by atoms with Crippen LogP contribution >= 0.6 is 0 Å². The molecule has 1 aromatic heterocycles. The highest BCUT2D eigenvalue weighted by Crippen LogP contribution is 2.37. The van der Waals surface area contributed by atoms with Gasteiger partial charge in [-0.15, -0.1) is 0 Å². The average molecular weight is 493 g/mol. The lowest BCUT2D eigenvalue weighted by Gasteiger charge is -2.44. The summed E-state index contributed by atoms with van der Waals surface area (Å²) in [4.78, 5) is 33.9. The number of allylic oxidation sites excluding steroid dienone is 1. The fraction of sp³-hybridized carbons (Fsp3) is 0.481. The third-order valence-corrected chi connectivity index (χ3v) is 7.87. The van der Waals surface area contributed by atoms with Crippen molar-refractivity contribution >= 4 is 23.3 Å². The molecule has 2 fully saturated rings. The Bertz CT molecular complexity index is 1240. The molecular formula is C27H32N4O5. The van der Waals surface area contributed by atoms with Gasteiger partial charge in [0.2, 0.25) is 0 Å². The van der Waals surface area contributed by atoms with Crippen molar-refractivity contribution in [3.63, 3.8) is 0 Å². The highest BCUT2D eigenvalue weighted by Gasteiger charge is 2.44. The molecule has 6 rings (SSSR count). The first-order valence-electron chi connectivity index (χ1n) is 12.7. The summed E-state index contributed by atoms with van der Waals surface area (Å²) in [5.74, 6) is 1.25. The van der Waals surface area contributed by atoms with E-state index in [0.29, 0.717) is 56.2 Å². The number of anilines is 1. The second-order valence-corrected chi connectivity index (χ2v) is 9.91. The van der Waals surface area contributed by atoms with E-state index in [-0.39, 0.29) is 11.8 Å². The zero-order valence-electron chi connectivity index (χ0n) is 20.8. The molecule has 190 valence electrons. The molecule has 0 bridgehead atoms. The smallest absolute Gasteiger partial charge is 0.270 e. The second kappa shape index (κ2) is 8.89. The lowest BCUT2D eigenvalue weighted by molar-refractivity contribution is -0.0246. The van der Waals surface area contributed by atoms with E-state index in [0.717, 1.165) is 54.2 Å². The molecule has 1 aromatic carbocycles. The van der Waals surface area contributed by atoms with E-state index >= 15 is 0 Å². The number of hydrogen-bond donors (Lipinski definition) is 2. The molecule has 2 aromatic rings. The van der Waals surface area contributed by atoms with Gasteiger partial charge >= 0.3 is 0 Å². The van der Waals surface area contributed by atoms with Crippen molar-refractivity contribution in [2.45, 2.75) is 38.3 Å². The number of carbonyl (C=O) groups is 2. The number of benzene rings is 1. The van der Waals surface area contributed by atoms with Gasteiger partial charge in [0, 0.05) is 44.7 Å². The second-order valence-electron chi connectivity index (χ2n) is 9.91. The molecule has 3 aliphatic heterocycles. The fourth-order valence-electron chi connectivity index (χ4n) is 5.77. The summed E-state index contributed by atoms with van der Waals surface area (Å²) in [6.45, 7) is 5.98. The lowest BCUT2D eigenvalue weighted by Crippen LogP contribution is -2.61. The summed E-state index contributed by atoms with van der Waals surface area (Å²) in [6, 6.07) is 5.81. The minimum Gasteiger partial charge on any atom is -0.495 e. The Kier molecular flexibility index (Phi) is 5.67. The Hall–Kier alpha value is -3.46. The fourth-order valence-corrected chi connectivity index (χ4v) is 5.77. The number of piperidine rings is 1. The predicted octanol–water partition coefficient (Wildman–Crippen LogP) is 2.85. The molecule has 2 saturated heterocycles. The van der Waals surface area contributed by atoms with Crippen LogP contribution in [0.25, 0.3) is 5.76 Å². The summed E-state index contributed by atoms with van der Waals surface area (Å²) in [6.07, 6.45) is 4.91. The molecule has 36 heavy (non-hydrogen) atoms. The van der Waals surface area contributed by atoms with Crippen molar-refractivity contribution in [1.29, 1.82) is 0 Å². The molecular weight excluding hydrogens is 460 g/mol. The van der Waals surface area contributed by atoms with Gasteiger partial charge in [0.05, 0.1) is 31.6 Å². The van der Waals surface area contributed by atoms with E-state index in [1.165, 1.54) is 0 Å². The van der Waals surface area contributed by atoms with Crippen LogP contribution in [-0.4, -0.2) is 73.9 Å². The number of methoxy groups -OCH3 is 1. The number of nitrogens with one attached hydrogen (secondary N) is 2. The number of ether oxygens (including phenoxy) is 3. The van der Waals surface area contributed by atoms with Gasteiger partial charge in [-0.25, -0.2) is 0 Å². The van der Waals surface area contributed by atoms with E-state index in [1.807, 2.05) is 30.0 Å². The number of likely N-dealkylation sites (tertiary alicyclic amines) is 1. The standard InChI is InChI=1S/C27H32N4O5/c1-17-19-4-3-5-22(34-2)24(19)28-23(17)26(33)31-10-8-27(9-11-31)29-25(32)20-16-18(6-7-21(20)36-27)30-12-14-35-15-13-30/h5-7,16,28H,3-4,8-15H2,1-2H3,(H,29,32). The largest absolute Gasteiger partial charge is 0.495 e. The molecule has 4 aliphatic rings. The van der Waals surface area contributed by atoms with Gasteiger partial charge in [0.25, 0.3) is 11.8 Å². The predicted molar refractivity (Wildman–Crippen MR) is 134 cm³/mol. The number of morpholine rings is 1. The van der Waals surface area contributed by atoms with E-state index in [9.17, 15) is 9.59 Å². The number of amides is 2. The minimum absolute atomic E-state index is 0.0232. The van der Waals surface area contributed by atoms with Gasteiger partial charge in [0.1, 0.15) is 17.2 Å². The normalized spacial score (nSPS) is 20.7. The average Bonchev–Trinajstić information content (AvgIpc) is 3.25. The molecule has 0 saturated carbocycles. The molecule has 1 aliphatic carbocycles. The van der Waals surface area contributed by atoms with E-state index in [4.69, 9.17) is 14.2 Å². The molecule has 1 spiro atoms. The van der Waals surface area contributed by atoms with Crippen molar-refractivity contribution in [2.24, 2.45) is 0 Å². The molecule has 9 heteroatoms. The lowest BCUT2D eigenvalue weighted by atomic mass is 9.96. The first-order chi connectivity index (χ1) is 17.5. The molecule has 0 unspecified atom stereocenters. The number of aromatic nitrogens is 1. The summed E-state index contributed by atoms with van der Waals surface area (Å²) in [5.41, 5.74) is 4.44. The first-order valence-corrected chi connectivity index (χ1v) is 12.7. The molecule has 0 radical (unpaired) electrons. The number of H-pyrrole nitrogens is 1. The monoisotopic (exact) mass is 492 g/mol. The van der Waals surface area contributed by atoms with Gasteiger partial charge in [-0.3, -0.25) is 9.59 Å². The number of nitrogens with zero attached hydrogens (tertiary/aromatic N) is 2. The van der Waals surface area contributed by atoms with E-state index in [2.05, 4.69) is 21.3 Å². The summed E-state index contributed by atoms with van der Waals surface area (Å²) in [7, 11) is 1.66. The van der Waals surface area contributed by atoms with Crippen molar-refractivity contribution < 1.29 is 23.8 Å². The number of rotatable bonds is 3. The van der Waals surface area contributed by atoms with Crippen LogP contribution in [0, 0.1) is 6.92 Å². The van der Waals surface area contributed by atoms with Crippen LogP contribution in [0.15, 0.2) is 24.3 Å². The third-order valence-electron chi connectivity index (χ3n) is 7.87. The van der Waals surface area contributed by atoms with Gasteiger partial charge < -0.3 is 34.3 Å². The van der Waals surface area contributed by atoms with Crippen LogP contribution in [0.1, 0.15) is 56.9 Å². The summed E-state index contributed by atoms with van der Waals surface area (Å²) in [5, 5.41) is 3.11. The Balaban J connectivity index is 1.16. The van der Waals surface area contributed by atoms with Gasteiger partial charge in [0.15, 0.2) is 5.72 Å². The first kappa shape index (κ1) is 23.0. The van der Waals surface area contributed by atoms with Gasteiger partial charge in [-0.1, -0.05) is 0 Å². The van der Waals surface area contributed by atoms with Crippen LogP contribution < -0.4 is 15.0 Å². The third kappa shape index (κ3) is 3.82. The summed E-state index contributed by atoms with van der Waals surface area (Å²) >= 11 is 0. The molecule has 2 amide bonds.